The van der Waals surface area contributed by atoms with Gasteiger partial charge in [0.1, 0.15) is 17.4 Å². The number of hydrogen-bond acceptors (Lipinski definition) is 11. The van der Waals surface area contributed by atoms with Crippen LogP contribution < -0.4 is 15.4 Å². The molecule has 244 valence electrons. The molecule has 46 heavy (non-hydrogen) atoms. The zero-order valence-electron chi connectivity index (χ0n) is 25.3. The third-order valence-corrected chi connectivity index (χ3v) is 9.95. The first kappa shape index (κ1) is 31.7. The van der Waals surface area contributed by atoms with Gasteiger partial charge in [-0.25, -0.2) is 23.4 Å². The number of nitrogens with zero attached hydrogens (tertiary/aromatic N) is 7. The highest BCUT2D eigenvalue weighted by Gasteiger charge is 2.38. The molecule has 0 unspecified atom stereocenters. The molecule has 0 aromatic carbocycles. The fraction of sp³-hybridized carbons (Fsp3) is 0.433. The highest BCUT2D eigenvalue weighted by atomic mass is 32.2. The maximum absolute atomic E-state index is 12.7. The first-order valence-corrected chi connectivity index (χ1v) is 16.5. The van der Waals surface area contributed by atoms with Crippen LogP contribution in [0.25, 0.3) is 22.6 Å². The lowest BCUT2D eigenvalue weighted by molar-refractivity contribution is -0.274. The van der Waals surface area contributed by atoms with E-state index in [9.17, 15) is 21.6 Å². The Morgan fingerprint density at radius 2 is 1.76 bits per heavy atom. The van der Waals surface area contributed by atoms with Gasteiger partial charge in [-0.05, 0) is 76.7 Å². The van der Waals surface area contributed by atoms with Crippen LogP contribution in [0.3, 0.4) is 0 Å². The van der Waals surface area contributed by atoms with Gasteiger partial charge in [0.05, 0.1) is 35.1 Å². The van der Waals surface area contributed by atoms with Crippen LogP contribution in [0.2, 0.25) is 0 Å². The maximum Gasteiger partial charge on any atom is 0.573 e. The second-order valence-electron chi connectivity index (χ2n) is 11.9. The Morgan fingerprint density at radius 3 is 2.43 bits per heavy atom. The minimum absolute atomic E-state index is 0.189. The smallest absolute Gasteiger partial charge is 0.404 e. The van der Waals surface area contributed by atoms with Crippen molar-refractivity contribution in [3.05, 3.63) is 55.2 Å². The van der Waals surface area contributed by atoms with E-state index in [1.165, 1.54) is 24.5 Å². The average Bonchev–Trinajstić information content (AvgIpc) is 3.75. The zero-order chi connectivity index (χ0) is 32.5. The number of ether oxygens (including phenoxy) is 1. The number of pyridine rings is 2. The molecule has 4 aromatic rings. The lowest BCUT2D eigenvalue weighted by Crippen LogP contribution is -2.31. The Labute approximate surface area is 264 Å². The molecule has 2 N–H and O–H groups in total. The Kier molecular flexibility index (Phi) is 8.83. The Morgan fingerprint density at radius 1 is 0.978 bits per heavy atom. The van der Waals surface area contributed by atoms with Gasteiger partial charge in [-0.15, -0.1) is 13.2 Å². The van der Waals surface area contributed by atoms with Gasteiger partial charge in [-0.2, -0.15) is 9.19 Å². The molecule has 0 spiro atoms. The van der Waals surface area contributed by atoms with Gasteiger partial charge in [0.25, 0.3) is 10.0 Å². The molecule has 4 heterocycles. The third kappa shape index (κ3) is 7.73. The fourth-order valence-electron chi connectivity index (χ4n) is 5.58. The van der Waals surface area contributed by atoms with Crippen LogP contribution in [0.1, 0.15) is 38.5 Å². The van der Waals surface area contributed by atoms with Crippen LogP contribution in [-0.2, 0) is 10.0 Å². The van der Waals surface area contributed by atoms with Gasteiger partial charge in [0, 0.05) is 42.3 Å². The largest absolute Gasteiger partial charge is 0.573 e. The number of anilines is 3. The van der Waals surface area contributed by atoms with Crippen molar-refractivity contribution in [2.45, 2.75) is 56.2 Å². The summed E-state index contributed by atoms with van der Waals surface area (Å²) < 4.78 is 68.2. The lowest BCUT2D eigenvalue weighted by atomic mass is 9.85. The van der Waals surface area contributed by atoms with Gasteiger partial charge in [0.2, 0.25) is 0 Å². The van der Waals surface area contributed by atoms with E-state index in [2.05, 4.69) is 59.4 Å². The Hall–Kier alpha value is -4.31. The van der Waals surface area contributed by atoms with Gasteiger partial charge in [-0.1, -0.05) is 0 Å². The number of rotatable bonds is 11. The van der Waals surface area contributed by atoms with Gasteiger partial charge >= 0.3 is 6.36 Å². The second kappa shape index (κ2) is 12.8. The van der Waals surface area contributed by atoms with E-state index in [0.717, 1.165) is 42.5 Å². The summed E-state index contributed by atoms with van der Waals surface area (Å²) >= 11 is 0. The molecule has 0 radical (unpaired) electrons. The van der Waals surface area contributed by atoms with E-state index >= 15 is 0 Å². The lowest BCUT2D eigenvalue weighted by Gasteiger charge is -2.31. The van der Waals surface area contributed by atoms with Gasteiger partial charge in [-0.3, -0.25) is 4.98 Å². The number of halogens is 3. The Bertz CT molecular complexity index is 1770. The van der Waals surface area contributed by atoms with Crippen LogP contribution in [-0.4, -0.2) is 80.7 Å². The van der Waals surface area contributed by atoms with Crippen LogP contribution in [0.5, 0.6) is 5.75 Å². The minimum atomic E-state index is -4.81. The monoisotopic (exact) mass is 657 g/mol. The van der Waals surface area contributed by atoms with E-state index in [1.807, 2.05) is 6.07 Å². The molecule has 0 aliphatic heterocycles. The molecule has 0 atom stereocenters. The summed E-state index contributed by atoms with van der Waals surface area (Å²) in [5.41, 5.74) is 2.21. The predicted octanol–water partition coefficient (Wildman–Crippen LogP) is 5.31. The van der Waals surface area contributed by atoms with Crippen LogP contribution in [0, 0.1) is 5.92 Å². The zero-order valence-corrected chi connectivity index (χ0v) is 26.1. The molecule has 2 saturated carbocycles. The second-order valence-corrected chi connectivity index (χ2v) is 14.0. The summed E-state index contributed by atoms with van der Waals surface area (Å²) in [6.07, 6.45) is 7.53. The van der Waals surface area contributed by atoms with E-state index in [-0.39, 0.29) is 11.9 Å². The Balaban J connectivity index is 1.23. The van der Waals surface area contributed by atoms with Crippen molar-refractivity contribution in [2.24, 2.45) is 5.92 Å². The van der Waals surface area contributed by atoms with Gasteiger partial charge in [0.15, 0.2) is 5.82 Å². The van der Waals surface area contributed by atoms with Crippen molar-refractivity contribution < 1.29 is 26.3 Å². The normalized spacial score (nSPS) is 18.8. The summed E-state index contributed by atoms with van der Waals surface area (Å²) in [4.78, 5) is 19.8. The molecule has 16 heteroatoms. The number of nitrogens with one attached hydrogen (secondary N) is 2. The molecule has 2 aliphatic carbocycles. The topological polar surface area (TPSA) is 140 Å². The first-order valence-electron chi connectivity index (χ1n) is 15.0. The number of alkyl halides is 3. The molecule has 0 saturated heterocycles. The molecule has 12 nitrogen and oxygen atoms in total. The minimum Gasteiger partial charge on any atom is -0.404 e. The molecule has 2 fully saturated rings. The number of hydrogen-bond donors (Lipinski definition) is 2. The average molecular weight is 658 g/mol. The summed E-state index contributed by atoms with van der Waals surface area (Å²) in [6.45, 7) is 1.04. The first-order chi connectivity index (χ1) is 21.9. The molecule has 6 rings (SSSR count). The molecule has 0 amide bonds. The van der Waals surface area contributed by atoms with Crippen LogP contribution >= 0.6 is 0 Å². The molecule has 2 aliphatic rings. The fourth-order valence-corrected chi connectivity index (χ4v) is 7.06. The van der Waals surface area contributed by atoms with E-state index in [0.29, 0.717) is 52.9 Å². The van der Waals surface area contributed by atoms with E-state index in [4.69, 9.17) is 0 Å². The SMILES string of the molecule is CN(C)CC1CCC(Nc2cc(Nc3ccnc(-c4cnn(S(=O)(=O)C5CC5)c4)n3)ncc2-c2ccc(OC(F)(F)F)cn2)CC1. The molecular formula is C30H34F3N9O3S. The van der Waals surface area contributed by atoms with Crippen molar-refractivity contribution in [3.8, 4) is 28.4 Å². The quantitative estimate of drug-likeness (QED) is 0.217. The van der Waals surface area contributed by atoms with Crippen LogP contribution in [0.15, 0.2) is 55.2 Å². The van der Waals surface area contributed by atoms with Crippen molar-refractivity contribution in [1.29, 1.82) is 0 Å². The number of aromatic nitrogens is 6. The van der Waals surface area contributed by atoms with Crippen LogP contribution in [0.4, 0.5) is 30.5 Å². The van der Waals surface area contributed by atoms with E-state index in [1.54, 1.807) is 18.5 Å². The van der Waals surface area contributed by atoms with E-state index < -0.39 is 27.4 Å². The standard InChI is InChI=1S/C30H34F3N9O3S/c1-41(2)17-19-3-5-21(6-4-19)38-26-13-28(36-16-24(26)25-10-7-22(15-35-25)45-30(31,32)33)39-27-11-12-34-29(40-27)20-14-37-42(18-20)46(43,44)23-8-9-23/h7,10-16,18-19,21,23H,3-6,8-9,17H2,1-2H3,(H2,34,36,38,39,40). The maximum atomic E-state index is 12.7. The molecular weight excluding hydrogens is 623 g/mol. The molecule has 4 aromatic heterocycles. The molecule has 0 bridgehead atoms. The summed E-state index contributed by atoms with van der Waals surface area (Å²) in [5, 5.41) is 10.4. The van der Waals surface area contributed by atoms with Crippen molar-refractivity contribution in [3.63, 3.8) is 0 Å². The highest BCUT2D eigenvalue weighted by molar-refractivity contribution is 7.90. The summed E-state index contributed by atoms with van der Waals surface area (Å²) in [5.74, 6) is 1.38. The predicted molar refractivity (Wildman–Crippen MR) is 166 cm³/mol. The van der Waals surface area contributed by atoms with Crippen molar-refractivity contribution in [1.82, 2.24) is 34.0 Å². The van der Waals surface area contributed by atoms with Gasteiger partial charge < -0.3 is 20.3 Å². The third-order valence-electron chi connectivity index (χ3n) is 7.92. The summed E-state index contributed by atoms with van der Waals surface area (Å²) in [6, 6.07) is 6.34. The van der Waals surface area contributed by atoms with Crippen molar-refractivity contribution in [2.75, 3.05) is 31.3 Å². The van der Waals surface area contributed by atoms with Crippen molar-refractivity contribution >= 4 is 27.3 Å². The highest BCUT2D eigenvalue weighted by Crippen LogP contribution is 2.34. The summed E-state index contributed by atoms with van der Waals surface area (Å²) in [7, 11) is 0.632.